The predicted molar refractivity (Wildman–Crippen MR) is 122 cm³/mol. The quantitative estimate of drug-likeness (QED) is 0.599. The van der Waals surface area contributed by atoms with E-state index < -0.39 is 0 Å². The van der Waals surface area contributed by atoms with E-state index in [2.05, 4.69) is 68.9 Å². The first-order valence-electron chi connectivity index (χ1n) is 10.7. The smallest absolute Gasteiger partial charge is 0.285 e. The summed E-state index contributed by atoms with van der Waals surface area (Å²) >= 11 is 1.11. The van der Waals surface area contributed by atoms with Crippen molar-refractivity contribution in [2.24, 2.45) is 16.9 Å². The average Bonchev–Trinajstić information content (AvgIpc) is 3.24. The van der Waals surface area contributed by atoms with Gasteiger partial charge in [-0.15, -0.1) is 5.10 Å². The van der Waals surface area contributed by atoms with Crippen molar-refractivity contribution in [1.29, 1.82) is 0 Å². The van der Waals surface area contributed by atoms with Gasteiger partial charge < -0.3 is 5.32 Å². The number of benzene rings is 2. The molecule has 6 nitrogen and oxygen atoms in total. The van der Waals surface area contributed by atoms with Gasteiger partial charge in [-0.2, -0.15) is 5.10 Å². The standard InChI is InChI=1S/C24H25N5OS/c1-15-23(31-29-26-15)24(30)28-27-22-18-13-8-14-19(22)21(17-11-6-3-7-12-17)25-20(18)16-9-4-2-5-10-16/h2-7,9-12,18-21,25H,8,13-14H2,1H3,(H,28,30). The van der Waals surface area contributed by atoms with Crippen molar-refractivity contribution in [3.63, 3.8) is 0 Å². The molecule has 1 aliphatic heterocycles. The van der Waals surface area contributed by atoms with Gasteiger partial charge in [-0.25, -0.2) is 5.43 Å². The molecule has 1 aromatic heterocycles. The Labute approximate surface area is 185 Å². The summed E-state index contributed by atoms with van der Waals surface area (Å²) in [6.45, 7) is 1.79. The lowest BCUT2D eigenvalue weighted by Crippen LogP contribution is -2.51. The zero-order chi connectivity index (χ0) is 21.2. The van der Waals surface area contributed by atoms with E-state index in [1.54, 1.807) is 6.92 Å². The lowest BCUT2D eigenvalue weighted by Gasteiger charge is -2.47. The number of hydrogen-bond donors (Lipinski definition) is 2. The minimum Gasteiger partial charge on any atom is -0.302 e. The predicted octanol–water partition coefficient (Wildman–Crippen LogP) is 4.43. The number of hydrazone groups is 1. The summed E-state index contributed by atoms with van der Waals surface area (Å²) in [5.41, 5.74) is 7.07. The Morgan fingerprint density at radius 3 is 2.10 bits per heavy atom. The second kappa shape index (κ2) is 8.69. The average molecular weight is 432 g/mol. The topological polar surface area (TPSA) is 79.3 Å². The molecular weight excluding hydrogens is 406 g/mol. The summed E-state index contributed by atoms with van der Waals surface area (Å²) in [7, 11) is 0. The van der Waals surface area contributed by atoms with Gasteiger partial charge in [0.25, 0.3) is 5.91 Å². The number of carbonyl (C=O) groups excluding carboxylic acids is 1. The maximum atomic E-state index is 12.7. The van der Waals surface area contributed by atoms with Crippen LogP contribution >= 0.6 is 11.5 Å². The van der Waals surface area contributed by atoms with Crippen molar-refractivity contribution in [3.8, 4) is 0 Å². The van der Waals surface area contributed by atoms with E-state index in [9.17, 15) is 4.79 Å². The molecule has 2 N–H and O–H groups in total. The van der Waals surface area contributed by atoms with E-state index in [4.69, 9.17) is 5.10 Å². The van der Waals surface area contributed by atoms with E-state index in [-0.39, 0.29) is 29.8 Å². The molecule has 7 heteroatoms. The molecule has 2 aliphatic rings. The van der Waals surface area contributed by atoms with Crippen molar-refractivity contribution in [2.75, 3.05) is 0 Å². The molecule has 3 aromatic rings. The molecule has 5 rings (SSSR count). The maximum absolute atomic E-state index is 12.7. The van der Waals surface area contributed by atoms with E-state index in [1.165, 1.54) is 11.1 Å². The molecule has 2 bridgehead atoms. The van der Waals surface area contributed by atoms with Crippen LogP contribution < -0.4 is 10.7 Å². The zero-order valence-corrected chi connectivity index (χ0v) is 18.2. The van der Waals surface area contributed by atoms with Crippen molar-refractivity contribution < 1.29 is 4.79 Å². The first-order valence-corrected chi connectivity index (χ1v) is 11.5. The van der Waals surface area contributed by atoms with Gasteiger partial charge in [-0.3, -0.25) is 4.79 Å². The van der Waals surface area contributed by atoms with E-state index in [1.807, 2.05) is 12.1 Å². The van der Waals surface area contributed by atoms with Crippen LogP contribution in [0.15, 0.2) is 65.8 Å². The fourth-order valence-electron chi connectivity index (χ4n) is 4.98. The Morgan fingerprint density at radius 2 is 1.58 bits per heavy atom. The summed E-state index contributed by atoms with van der Waals surface area (Å²) in [4.78, 5) is 13.2. The molecule has 2 aromatic carbocycles. The molecule has 1 amide bonds. The molecule has 1 saturated heterocycles. The summed E-state index contributed by atoms with van der Waals surface area (Å²) < 4.78 is 3.87. The third-order valence-corrected chi connectivity index (χ3v) is 7.24. The van der Waals surface area contributed by atoms with Gasteiger partial charge >= 0.3 is 0 Å². The number of amides is 1. The Balaban J connectivity index is 1.52. The van der Waals surface area contributed by atoms with Crippen LogP contribution in [0, 0.1) is 18.8 Å². The summed E-state index contributed by atoms with van der Waals surface area (Å²) in [6, 6.07) is 21.5. The molecule has 4 unspecified atom stereocenters. The highest BCUT2D eigenvalue weighted by Crippen LogP contribution is 2.46. The molecule has 2 heterocycles. The first-order chi connectivity index (χ1) is 15.2. The van der Waals surface area contributed by atoms with Crippen LogP contribution in [-0.4, -0.2) is 21.2 Å². The van der Waals surface area contributed by atoms with Crippen molar-refractivity contribution in [2.45, 2.75) is 38.3 Å². The monoisotopic (exact) mass is 431 g/mol. The Kier molecular flexibility index (Phi) is 5.61. The third-order valence-electron chi connectivity index (χ3n) is 6.42. The number of nitrogens with one attached hydrogen (secondary N) is 2. The van der Waals surface area contributed by atoms with Crippen molar-refractivity contribution in [3.05, 3.63) is 82.4 Å². The Bertz CT molecular complexity index is 1030. The number of rotatable bonds is 4. The lowest BCUT2D eigenvalue weighted by atomic mass is 9.67. The minimum atomic E-state index is -0.232. The molecule has 1 aliphatic carbocycles. The highest BCUT2D eigenvalue weighted by atomic mass is 32.1. The molecule has 0 radical (unpaired) electrons. The Hall–Kier alpha value is -2.90. The van der Waals surface area contributed by atoms with Crippen LogP contribution in [0.1, 0.15) is 57.8 Å². The van der Waals surface area contributed by atoms with E-state index in [0.717, 1.165) is 36.5 Å². The summed E-state index contributed by atoms with van der Waals surface area (Å²) in [6.07, 6.45) is 3.27. The molecule has 31 heavy (non-hydrogen) atoms. The number of piperidine rings is 1. The van der Waals surface area contributed by atoms with Crippen LogP contribution in [0.2, 0.25) is 0 Å². The molecule has 1 saturated carbocycles. The summed E-state index contributed by atoms with van der Waals surface area (Å²) in [5, 5.41) is 12.6. The highest BCUT2D eigenvalue weighted by Gasteiger charge is 2.45. The third kappa shape index (κ3) is 3.91. The molecule has 0 spiro atoms. The molecule has 158 valence electrons. The maximum Gasteiger partial charge on any atom is 0.285 e. The second-order valence-electron chi connectivity index (χ2n) is 8.25. The van der Waals surface area contributed by atoms with Crippen LogP contribution in [0.5, 0.6) is 0 Å². The summed E-state index contributed by atoms with van der Waals surface area (Å²) in [5.74, 6) is 0.272. The number of aryl methyl sites for hydroxylation is 1. The van der Waals surface area contributed by atoms with Gasteiger partial charge in [0.15, 0.2) is 0 Å². The SMILES string of the molecule is Cc1nnsc1C(=O)NN=C1C2CCCC1C(c1ccccc1)NC2c1ccccc1. The largest absolute Gasteiger partial charge is 0.302 e. The minimum absolute atomic E-state index is 0.158. The molecule has 2 fully saturated rings. The van der Waals surface area contributed by atoms with Crippen LogP contribution in [0.4, 0.5) is 0 Å². The fraction of sp³-hybridized carbons (Fsp3) is 0.333. The van der Waals surface area contributed by atoms with Crippen LogP contribution in [-0.2, 0) is 0 Å². The first kappa shape index (κ1) is 20.0. The van der Waals surface area contributed by atoms with Gasteiger partial charge in [0, 0.05) is 29.6 Å². The normalized spacial score (nSPS) is 25.1. The van der Waals surface area contributed by atoms with Gasteiger partial charge in [0.1, 0.15) is 4.88 Å². The van der Waals surface area contributed by atoms with Crippen molar-refractivity contribution >= 4 is 23.2 Å². The van der Waals surface area contributed by atoms with E-state index >= 15 is 0 Å². The molecular formula is C24H25N5OS. The van der Waals surface area contributed by atoms with Gasteiger partial charge in [0.05, 0.1) is 5.69 Å². The van der Waals surface area contributed by atoms with E-state index in [0.29, 0.717) is 10.6 Å². The Morgan fingerprint density at radius 1 is 1.00 bits per heavy atom. The number of aromatic nitrogens is 2. The zero-order valence-electron chi connectivity index (χ0n) is 17.4. The van der Waals surface area contributed by atoms with Crippen molar-refractivity contribution in [1.82, 2.24) is 20.3 Å². The fourth-order valence-corrected chi connectivity index (χ4v) is 5.52. The molecule has 4 atom stereocenters. The highest BCUT2D eigenvalue weighted by molar-refractivity contribution is 7.07. The lowest BCUT2D eigenvalue weighted by molar-refractivity contribution is 0.0956. The van der Waals surface area contributed by atoms with Gasteiger partial charge in [-0.05, 0) is 42.4 Å². The van der Waals surface area contributed by atoms with Crippen LogP contribution in [0.3, 0.4) is 0 Å². The number of hydrogen-bond acceptors (Lipinski definition) is 6. The van der Waals surface area contributed by atoms with Gasteiger partial charge in [0.2, 0.25) is 0 Å². The second-order valence-corrected chi connectivity index (χ2v) is 9.01. The number of nitrogens with zero attached hydrogens (tertiary/aromatic N) is 3. The number of carbonyl (C=O) groups is 1. The van der Waals surface area contributed by atoms with Crippen LogP contribution in [0.25, 0.3) is 0 Å². The van der Waals surface area contributed by atoms with Gasteiger partial charge in [-0.1, -0.05) is 71.6 Å². The number of fused-ring (bicyclic) bond motifs is 2.